The Hall–Kier alpha value is -3.06. The summed E-state index contributed by atoms with van der Waals surface area (Å²) < 4.78 is 11.0. The molecular formula is C22H28N3O4+. The maximum absolute atomic E-state index is 12.5. The van der Waals surface area contributed by atoms with Crippen molar-refractivity contribution in [3.05, 3.63) is 47.5 Å². The van der Waals surface area contributed by atoms with E-state index < -0.39 is 0 Å². The molecule has 0 radical (unpaired) electrons. The molecule has 1 aliphatic rings. The maximum Gasteiger partial charge on any atom is 0.279 e. The van der Waals surface area contributed by atoms with Gasteiger partial charge in [0.05, 0.1) is 6.54 Å². The smallest absolute Gasteiger partial charge is 0.279 e. The van der Waals surface area contributed by atoms with E-state index in [0.717, 1.165) is 21.7 Å². The fourth-order valence-electron chi connectivity index (χ4n) is 3.17. The van der Waals surface area contributed by atoms with Crippen LogP contribution in [0, 0.1) is 13.8 Å². The highest BCUT2D eigenvalue weighted by Gasteiger charge is 2.18. The molecule has 0 spiro atoms. The van der Waals surface area contributed by atoms with Crippen LogP contribution in [0.5, 0.6) is 11.5 Å². The number of likely N-dealkylation sites (N-methyl/N-ethyl adjacent to an activating group) is 1. The van der Waals surface area contributed by atoms with E-state index in [1.165, 1.54) is 0 Å². The first-order valence-corrected chi connectivity index (χ1v) is 9.85. The van der Waals surface area contributed by atoms with Gasteiger partial charge in [0.2, 0.25) is 0 Å². The summed E-state index contributed by atoms with van der Waals surface area (Å²) in [6.07, 6.45) is 0. The van der Waals surface area contributed by atoms with Crippen LogP contribution < -0.4 is 25.0 Å². The van der Waals surface area contributed by atoms with E-state index in [1.807, 2.05) is 39.0 Å². The Kier molecular flexibility index (Phi) is 6.72. The molecule has 0 aliphatic carbocycles. The van der Waals surface area contributed by atoms with Crippen LogP contribution >= 0.6 is 0 Å². The zero-order chi connectivity index (χ0) is 20.8. The van der Waals surface area contributed by atoms with Crippen molar-refractivity contribution >= 4 is 23.2 Å². The lowest BCUT2D eigenvalue weighted by molar-refractivity contribution is -0.881. The number of carbonyl (C=O) groups excluding carboxylic acids is 2. The van der Waals surface area contributed by atoms with E-state index in [4.69, 9.17) is 9.47 Å². The number of carbonyl (C=O) groups is 2. The molecule has 1 heterocycles. The molecule has 0 saturated carbocycles. The number of hydrogen-bond acceptors (Lipinski definition) is 4. The van der Waals surface area contributed by atoms with Gasteiger partial charge in [-0.2, -0.15) is 0 Å². The highest BCUT2D eigenvalue weighted by molar-refractivity contribution is 5.93. The molecule has 2 amide bonds. The molecule has 3 rings (SSSR count). The monoisotopic (exact) mass is 398 g/mol. The third kappa shape index (κ3) is 5.48. The summed E-state index contributed by atoms with van der Waals surface area (Å²) in [5, 5.41) is 5.82. The summed E-state index contributed by atoms with van der Waals surface area (Å²) in [5.41, 5.74) is 3.64. The van der Waals surface area contributed by atoms with Crippen molar-refractivity contribution in [3.8, 4) is 11.5 Å². The number of ether oxygens (including phenoxy) is 2. The van der Waals surface area contributed by atoms with Crippen molar-refractivity contribution in [1.82, 2.24) is 0 Å². The molecule has 0 saturated heterocycles. The van der Waals surface area contributed by atoms with Gasteiger partial charge in [0.1, 0.15) is 13.2 Å². The van der Waals surface area contributed by atoms with Gasteiger partial charge in [0.25, 0.3) is 11.8 Å². The summed E-state index contributed by atoms with van der Waals surface area (Å²) >= 11 is 0. The lowest BCUT2D eigenvalue weighted by Gasteiger charge is -2.20. The van der Waals surface area contributed by atoms with Crippen molar-refractivity contribution in [2.75, 3.05) is 43.5 Å². The summed E-state index contributed by atoms with van der Waals surface area (Å²) in [4.78, 5) is 25.8. The van der Waals surface area contributed by atoms with Gasteiger partial charge >= 0.3 is 0 Å². The van der Waals surface area contributed by atoms with Gasteiger partial charge in [-0.15, -0.1) is 0 Å². The molecule has 3 N–H and O–H groups in total. The molecule has 7 nitrogen and oxygen atoms in total. The van der Waals surface area contributed by atoms with Crippen molar-refractivity contribution in [2.45, 2.75) is 20.8 Å². The van der Waals surface area contributed by atoms with E-state index in [0.29, 0.717) is 36.9 Å². The Labute approximate surface area is 171 Å². The lowest BCUT2D eigenvalue weighted by Crippen LogP contribution is -3.13. The topological polar surface area (TPSA) is 81.1 Å². The second kappa shape index (κ2) is 9.43. The molecular weight excluding hydrogens is 370 g/mol. The van der Waals surface area contributed by atoms with Gasteiger partial charge < -0.3 is 25.0 Å². The molecule has 1 atom stereocenters. The van der Waals surface area contributed by atoms with Crippen LogP contribution in [0.4, 0.5) is 11.4 Å². The molecule has 2 aromatic rings. The minimum atomic E-state index is -0.155. The number of fused-ring (bicyclic) bond motifs is 1. The van der Waals surface area contributed by atoms with Crippen LogP contribution in [0.1, 0.15) is 18.1 Å². The number of rotatable bonds is 7. The number of hydrogen-bond donors (Lipinski definition) is 3. The molecule has 0 aromatic heterocycles. The normalized spacial score (nSPS) is 13.5. The van der Waals surface area contributed by atoms with E-state index in [-0.39, 0.29) is 24.9 Å². The number of amides is 2. The van der Waals surface area contributed by atoms with Crippen LogP contribution in [0.3, 0.4) is 0 Å². The Bertz CT molecular complexity index is 898. The predicted molar refractivity (Wildman–Crippen MR) is 112 cm³/mol. The standard InChI is InChI=1S/C22H27N3O4/c1-4-25(14-22(27)24-18-7-5-6-15(2)16(18)3)13-21(26)23-17-8-9-19-20(12-17)29-11-10-28-19/h5-9,12H,4,10-11,13-14H2,1-3H3,(H,23,26)(H,24,27)/p+1. The van der Waals surface area contributed by atoms with E-state index in [1.54, 1.807) is 18.2 Å². The molecule has 7 heteroatoms. The molecule has 0 bridgehead atoms. The third-order valence-electron chi connectivity index (χ3n) is 5.03. The molecule has 1 unspecified atom stereocenters. The Balaban J connectivity index is 1.54. The Morgan fingerprint density at radius 1 is 0.966 bits per heavy atom. The minimum absolute atomic E-state index is 0.109. The van der Waals surface area contributed by atoms with Gasteiger partial charge in [0.15, 0.2) is 24.6 Å². The van der Waals surface area contributed by atoms with Gasteiger partial charge in [-0.1, -0.05) is 12.1 Å². The third-order valence-corrected chi connectivity index (χ3v) is 5.03. The first-order chi connectivity index (χ1) is 14.0. The van der Waals surface area contributed by atoms with E-state index in [9.17, 15) is 9.59 Å². The summed E-state index contributed by atoms with van der Waals surface area (Å²) in [6.45, 7) is 8.05. The predicted octanol–water partition coefficient (Wildman–Crippen LogP) is 1.56. The molecule has 0 fully saturated rings. The van der Waals surface area contributed by atoms with E-state index >= 15 is 0 Å². The number of anilines is 2. The molecule has 29 heavy (non-hydrogen) atoms. The first kappa shape index (κ1) is 20.7. The van der Waals surface area contributed by atoms with Gasteiger partial charge in [-0.25, -0.2) is 0 Å². The van der Waals surface area contributed by atoms with E-state index in [2.05, 4.69) is 10.6 Å². The Morgan fingerprint density at radius 2 is 1.66 bits per heavy atom. The fraction of sp³-hybridized carbons (Fsp3) is 0.364. The van der Waals surface area contributed by atoms with Crippen LogP contribution in [-0.4, -0.2) is 44.7 Å². The van der Waals surface area contributed by atoms with Crippen molar-refractivity contribution in [3.63, 3.8) is 0 Å². The van der Waals surface area contributed by atoms with Crippen LogP contribution in [0.2, 0.25) is 0 Å². The fourth-order valence-corrected chi connectivity index (χ4v) is 3.17. The number of nitrogens with one attached hydrogen (secondary N) is 3. The van der Waals surface area contributed by atoms with Gasteiger partial charge in [-0.05, 0) is 50.1 Å². The van der Waals surface area contributed by atoms with Gasteiger partial charge in [-0.3, -0.25) is 9.59 Å². The van der Waals surface area contributed by atoms with Crippen molar-refractivity contribution < 1.29 is 24.0 Å². The zero-order valence-corrected chi connectivity index (χ0v) is 17.1. The zero-order valence-electron chi connectivity index (χ0n) is 17.1. The van der Waals surface area contributed by atoms with Gasteiger partial charge in [0, 0.05) is 17.4 Å². The molecule has 2 aromatic carbocycles. The van der Waals surface area contributed by atoms with Crippen LogP contribution in [-0.2, 0) is 9.59 Å². The molecule has 1 aliphatic heterocycles. The quantitative estimate of drug-likeness (QED) is 0.661. The second-order valence-corrected chi connectivity index (χ2v) is 7.16. The van der Waals surface area contributed by atoms with Crippen LogP contribution in [0.15, 0.2) is 36.4 Å². The minimum Gasteiger partial charge on any atom is -0.486 e. The second-order valence-electron chi connectivity index (χ2n) is 7.16. The SMILES string of the molecule is CC[NH+](CC(=O)Nc1ccc2c(c1)OCCO2)CC(=O)Nc1cccc(C)c1C. The average Bonchev–Trinajstić information content (AvgIpc) is 2.70. The molecule has 154 valence electrons. The Morgan fingerprint density at radius 3 is 2.38 bits per heavy atom. The van der Waals surface area contributed by atoms with Crippen molar-refractivity contribution in [2.24, 2.45) is 0 Å². The largest absolute Gasteiger partial charge is 0.486 e. The number of quaternary nitrogens is 1. The summed E-state index contributed by atoms with van der Waals surface area (Å²) in [7, 11) is 0. The van der Waals surface area contributed by atoms with Crippen molar-refractivity contribution in [1.29, 1.82) is 0 Å². The lowest BCUT2D eigenvalue weighted by atomic mass is 10.1. The van der Waals surface area contributed by atoms with Crippen LogP contribution in [0.25, 0.3) is 0 Å². The first-order valence-electron chi connectivity index (χ1n) is 9.85. The highest BCUT2D eigenvalue weighted by Crippen LogP contribution is 2.32. The number of benzene rings is 2. The maximum atomic E-state index is 12.5. The number of aryl methyl sites for hydroxylation is 1. The summed E-state index contributed by atoms with van der Waals surface area (Å²) in [5.74, 6) is 1.04. The summed E-state index contributed by atoms with van der Waals surface area (Å²) in [6, 6.07) is 11.1. The highest BCUT2D eigenvalue weighted by atomic mass is 16.6. The average molecular weight is 398 g/mol.